The van der Waals surface area contributed by atoms with E-state index in [-0.39, 0.29) is 5.78 Å². The van der Waals surface area contributed by atoms with Gasteiger partial charge in [-0.3, -0.25) is 9.69 Å². The van der Waals surface area contributed by atoms with Crippen LogP contribution in [-0.2, 0) is 13.0 Å². The molecule has 34 heavy (non-hydrogen) atoms. The van der Waals surface area contributed by atoms with Gasteiger partial charge in [-0.2, -0.15) is 0 Å². The third kappa shape index (κ3) is 4.48. The van der Waals surface area contributed by atoms with Gasteiger partial charge in [-0.15, -0.1) is 0 Å². The summed E-state index contributed by atoms with van der Waals surface area (Å²) in [5.41, 5.74) is 4.53. The number of nitrogens with zero attached hydrogens (tertiary/aromatic N) is 1. The lowest BCUT2D eigenvalue weighted by Crippen LogP contribution is -2.33. The van der Waals surface area contributed by atoms with Gasteiger partial charge in [0.15, 0.2) is 5.76 Å². The van der Waals surface area contributed by atoms with Crippen LogP contribution in [0, 0.1) is 6.92 Å². The fraction of sp³-hybridized carbons (Fsp3) is 0.250. The van der Waals surface area contributed by atoms with E-state index in [1.165, 1.54) is 5.56 Å². The van der Waals surface area contributed by atoms with Crippen LogP contribution in [0.2, 0.25) is 0 Å². The Hall–Kier alpha value is -3.09. The van der Waals surface area contributed by atoms with Crippen molar-refractivity contribution < 1.29 is 19.0 Å². The number of fused-ring (bicyclic) bond motifs is 3. The molecule has 3 aromatic carbocycles. The molecule has 0 bridgehead atoms. The van der Waals surface area contributed by atoms with Gasteiger partial charge in [-0.05, 0) is 61.2 Å². The first-order valence-electron chi connectivity index (χ1n) is 11.4. The molecule has 0 aromatic heterocycles. The summed E-state index contributed by atoms with van der Waals surface area (Å²) in [6, 6.07) is 18.1. The SMILES string of the molecule is COc1ccc(Br)cc1/C=C1\Oc2c3c(cc(C)c2C1=O)OCN(CCCc1ccccc1)C3. The van der Waals surface area contributed by atoms with Crippen LogP contribution in [-0.4, -0.2) is 31.1 Å². The average Bonchev–Trinajstić information content (AvgIpc) is 3.17. The highest BCUT2D eigenvalue weighted by Crippen LogP contribution is 2.44. The second-order valence-corrected chi connectivity index (χ2v) is 9.53. The fourth-order valence-corrected chi connectivity index (χ4v) is 4.91. The summed E-state index contributed by atoms with van der Waals surface area (Å²) in [7, 11) is 1.61. The molecule has 5 rings (SSSR count). The van der Waals surface area contributed by atoms with Gasteiger partial charge in [0, 0.05) is 23.1 Å². The zero-order valence-corrected chi connectivity index (χ0v) is 20.9. The Bertz CT molecular complexity index is 1270. The van der Waals surface area contributed by atoms with Gasteiger partial charge < -0.3 is 14.2 Å². The molecule has 0 aliphatic carbocycles. The predicted octanol–water partition coefficient (Wildman–Crippen LogP) is 6.17. The van der Waals surface area contributed by atoms with Crippen molar-refractivity contribution in [1.29, 1.82) is 0 Å². The van der Waals surface area contributed by atoms with Crippen molar-refractivity contribution in [3.63, 3.8) is 0 Å². The van der Waals surface area contributed by atoms with Crippen LogP contribution >= 0.6 is 15.9 Å². The fourth-order valence-electron chi connectivity index (χ4n) is 4.53. The van der Waals surface area contributed by atoms with Crippen molar-refractivity contribution in [1.82, 2.24) is 4.90 Å². The summed E-state index contributed by atoms with van der Waals surface area (Å²) in [5, 5.41) is 0. The van der Waals surface area contributed by atoms with Gasteiger partial charge >= 0.3 is 0 Å². The van der Waals surface area contributed by atoms with Crippen LogP contribution < -0.4 is 14.2 Å². The number of benzene rings is 3. The normalized spacial score (nSPS) is 16.1. The van der Waals surface area contributed by atoms with Gasteiger partial charge in [0.05, 0.1) is 18.2 Å². The molecule has 5 nitrogen and oxygen atoms in total. The number of ketones is 1. The Morgan fingerprint density at radius 2 is 1.97 bits per heavy atom. The van der Waals surface area contributed by atoms with Crippen molar-refractivity contribution in [3.05, 3.63) is 92.6 Å². The zero-order chi connectivity index (χ0) is 23.7. The molecule has 2 heterocycles. The number of hydrogen-bond acceptors (Lipinski definition) is 5. The third-order valence-corrected chi connectivity index (χ3v) is 6.74. The quantitative estimate of drug-likeness (QED) is 0.364. The third-order valence-electron chi connectivity index (χ3n) is 6.25. The number of carbonyl (C=O) groups is 1. The summed E-state index contributed by atoms with van der Waals surface area (Å²) < 4.78 is 18.6. The number of halogens is 1. The monoisotopic (exact) mass is 519 g/mol. The molecule has 0 unspecified atom stereocenters. The molecule has 0 radical (unpaired) electrons. The highest BCUT2D eigenvalue weighted by Gasteiger charge is 2.35. The molecule has 0 saturated heterocycles. The van der Waals surface area contributed by atoms with Crippen LogP contribution in [0.1, 0.15) is 39.0 Å². The minimum Gasteiger partial charge on any atom is -0.496 e. The van der Waals surface area contributed by atoms with E-state index in [9.17, 15) is 4.79 Å². The standard InChI is InChI=1S/C28H26BrNO4/c1-18-13-24-22(16-30(17-33-24)12-6-9-19-7-4-3-5-8-19)28-26(18)27(31)25(34-28)15-20-14-21(29)10-11-23(20)32-2/h3-5,7-8,10-11,13-15H,6,9,12,16-17H2,1-2H3/b25-15-. The van der Waals surface area contributed by atoms with E-state index in [4.69, 9.17) is 14.2 Å². The molecule has 0 fully saturated rings. The predicted molar refractivity (Wildman–Crippen MR) is 135 cm³/mol. The van der Waals surface area contributed by atoms with Crippen LogP contribution in [0.4, 0.5) is 0 Å². The van der Waals surface area contributed by atoms with Crippen molar-refractivity contribution in [3.8, 4) is 17.2 Å². The molecule has 2 aliphatic rings. The van der Waals surface area contributed by atoms with E-state index in [1.807, 2.05) is 37.3 Å². The molecule has 2 aliphatic heterocycles. The van der Waals surface area contributed by atoms with Crippen LogP contribution in [0.3, 0.4) is 0 Å². The second kappa shape index (κ2) is 9.65. The van der Waals surface area contributed by atoms with Gasteiger partial charge in [-0.1, -0.05) is 46.3 Å². The summed E-state index contributed by atoms with van der Waals surface area (Å²) in [6.45, 7) is 4.06. The average molecular weight is 520 g/mol. The molecular weight excluding hydrogens is 494 g/mol. The van der Waals surface area contributed by atoms with E-state index in [1.54, 1.807) is 13.2 Å². The Labute approximate surface area is 208 Å². The van der Waals surface area contributed by atoms with Crippen molar-refractivity contribution in [2.75, 3.05) is 20.4 Å². The van der Waals surface area contributed by atoms with Crippen molar-refractivity contribution >= 4 is 27.8 Å². The van der Waals surface area contributed by atoms with Gasteiger partial charge in [0.2, 0.25) is 5.78 Å². The van der Waals surface area contributed by atoms with E-state index < -0.39 is 0 Å². The zero-order valence-electron chi connectivity index (χ0n) is 19.3. The maximum absolute atomic E-state index is 13.3. The molecule has 0 spiro atoms. The van der Waals surface area contributed by atoms with Crippen molar-refractivity contribution in [2.45, 2.75) is 26.3 Å². The molecule has 0 saturated carbocycles. The molecule has 0 N–H and O–H groups in total. The summed E-state index contributed by atoms with van der Waals surface area (Å²) in [4.78, 5) is 15.6. The maximum atomic E-state index is 13.3. The first-order chi connectivity index (χ1) is 16.5. The van der Waals surface area contributed by atoms with Crippen LogP contribution in [0.25, 0.3) is 6.08 Å². The Balaban J connectivity index is 1.38. The smallest absolute Gasteiger partial charge is 0.232 e. The summed E-state index contributed by atoms with van der Waals surface area (Å²) in [6.07, 6.45) is 3.80. The van der Waals surface area contributed by atoms with Gasteiger partial charge in [0.25, 0.3) is 0 Å². The number of aryl methyl sites for hydroxylation is 2. The number of methoxy groups -OCH3 is 1. The molecule has 3 aromatic rings. The number of allylic oxidation sites excluding steroid dienone is 1. The second-order valence-electron chi connectivity index (χ2n) is 8.62. The lowest BCUT2D eigenvalue weighted by Gasteiger charge is -2.30. The lowest BCUT2D eigenvalue weighted by molar-refractivity contribution is 0.0928. The summed E-state index contributed by atoms with van der Waals surface area (Å²) >= 11 is 3.49. The van der Waals surface area contributed by atoms with Crippen molar-refractivity contribution in [2.24, 2.45) is 0 Å². The number of hydrogen-bond donors (Lipinski definition) is 0. The maximum Gasteiger partial charge on any atom is 0.232 e. The van der Waals surface area contributed by atoms with E-state index in [2.05, 4.69) is 45.1 Å². The molecule has 0 amide bonds. The molecule has 6 heteroatoms. The number of Topliss-reactive ketones (excluding diaryl/α,β-unsaturated/α-hetero) is 1. The topological polar surface area (TPSA) is 48.0 Å². The molecular formula is C28H26BrNO4. The first-order valence-corrected chi connectivity index (χ1v) is 12.2. The minimum absolute atomic E-state index is 0.112. The molecule has 174 valence electrons. The number of ether oxygens (including phenoxy) is 3. The summed E-state index contributed by atoms with van der Waals surface area (Å²) in [5.74, 6) is 2.27. The Kier molecular flexibility index (Phi) is 6.44. The van der Waals surface area contributed by atoms with E-state index >= 15 is 0 Å². The first kappa shape index (κ1) is 22.7. The van der Waals surface area contributed by atoms with E-state index in [0.717, 1.165) is 46.3 Å². The lowest BCUT2D eigenvalue weighted by atomic mass is 9.98. The Morgan fingerprint density at radius 1 is 1.15 bits per heavy atom. The van der Waals surface area contributed by atoms with E-state index in [0.29, 0.717) is 36.1 Å². The highest BCUT2D eigenvalue weighted by molar-refractivity contribution is 9.10. The minimum atomic E-state index is -0.112. The number of carbonyl (C=O) groups excluding carboxylic acids is 1. The molecule has 0 atom stereocenters. The Morgan fingerprint density at radius 3 is 2.76 bits per heavy atom. The van der Waals surface area contributed by atoms with Crippen LogP contribution in [0.15, 0.2) is 64.8 Å². The van der Waals surface area contributed by atoms with Gasteiger partial charge in [-0.25, -0.2) is 0 Å². The highest BCUT2D eigenvalue weighted by atomic mass is 79.9. The van der Waals surface area contributed by atoms with Gasteiger partial charge in [0.1, 0.15) is 24.0 Å². The number of rotatable bonds is 6. The van der Waals surface area contributed by atoms with Crippen LogP contribution in [0.5, 0.6) is 17.2 Å². The largest absolute Gasteiger partial charge is 0.496 e.